The Kier molecular flexibility index (Phi) is 33.4. The summed E-state index contributed by atoms with van der Waals surface area (Å²) in [6, 6.07) is -8.12. The zero-order chi connectivity index (χ0) is 67.2. The molecule has 0 saturated carbocycles. The molecule has 1 saturated heterocycles. The molecule has 0 unspecified atom stereocenters. The summed E-state index contributed by atoms with van der Waals surface area (Å²) >= 11 is 1.33. The molecular formula is C57H88N12O19S. The van der Waals surface area contributed by atoms with Crippen molar-refractivity contribution >= 4 is 100 Å². The van der Waals surface area contributed by atoms with Crippen molar-refractivity contribution in [3.8, 4) is 5.75 Å². The van der Waals surface area contributed by atoms with Crippen LogP contribution in [-0.4, -0.2) is 206 Å². The van der Waals surface area contributed by atoms with Crippen molar-refractivity contribution in [1.29, 1.82) is 0 Å². The zero-order valence-electron chi connectivity index (χ0n) is 51.4. The van der Waals surface area contributed by atoms with Crippen molar-refractivity contribution in [1.82, 2.24) is 58.1 Å². The van der Waals surface area contributed by atoms with Gasteiger partial charge in [-0.1, -0.05) is 66.5 Å². The molecule has 1 fully saturated rings. The first-order chi connectivity index (χ1) is 41.9. The number of phenols is 1. The van der Waals surface area contributed by atoms with Gasteiger partial charge in [0.2, 0.25) is 70.8 Å². The number of thioether (sulfide) groups is 1. The number of carbonyl (C=O) groups is 15. The van der Waals surface area contributed by atoms with E-state index in [2.05, 4.69) is 53.2 Å². The number of likely N-dealkylation sites (tertiary alicyclic amines) is 1. The minimum Gasteiger partial charge on any atom is -0.508 e. The van der Waals surface area contributed by atoms with Crippen LogP contribution in [0.25, 0.3) is 0 Å². The van der Waals surface area contributed by atoms with Gasteiger partial charge in [-0.05, 0) is 86.5 Å². The Morgan fingerprint density at radius 3 is 1.64 bits per heavy atom. The van der Waals surface area contributed by atoms with Gasteiger partial charge < -0.3 is 84.2 Å². The second-order valence-corrected chi connectivity index (χ2v) is 23.0. The van der Waals surface area contributed by atoms with E-state index in [0.717, 1.165) is 6.92 Å². The van der Waals surface area contributed by atoms with Gasteiger partial charge in [0.25, 0.3) is 5.91 Å². The number of hydrogen-bond donors (Lipinski definition) is 15. The molecule has 10 atom stereocenters. The van der Waals surface area contributed by atoms with Crippen LogP contribution in [0.4, 0.5) is 0 Å². The number of ketones is 1. The smallest absolute Gasteiger partial charge is 0.303 e. The van der Waals surface area contributed by atoms with E-state index in [9.17, 15) is 87.2 Å². The molecule has 31 nitrogen and oxygen atoms in total. The van der Waals surface area contributed by atoms with Crippen LogP contribution in [0.5, 0.6) is 5.75 Å². The van der Waals surface area contributed by atoms with Crippen molar-refractivity contribution in [2.75, 3.05) is 31.7 Å². The Hall–Kier alpha value is -8.42. The molecule has 2 rings (SSSR count). The fraction of sp³-hybridized carbons (Fsp3) is 0.632. The number of primary amides is 1. The molecule has 89 heavy (non-hydrogen) atoms. The molecule has 16 N–H and O–H groups in total. The number of phenolic OH excluding ortho intramolecular Hbond substituents is 1. The normalized spacial score (nSPS) is 15.8. The van der Waals surface area contributed by atoms with Crippen molar-refractivity contribution in [2.45, 2.75) is 186 Å². The second-order valence-electron chi connectivity index (χ2n) is 22.0. The molecule has 0 bridgehead atoms. The third kappa shape index (κ3) is 26.4. The summed E-state index contributed by atoms with van der Waals surface area (Å²) in [4.78, 5) is 198. The highest BCUT2D eigenvalue weighted by molar-refractivity contribution is 7.98. The van der Waals surface area contributed by atoms with Crippen LogP contribution in [0, 0.1) is 11.8 Å². The Morgan fingerprint density at radius 1 is 0.618 bits per heavy atom. The Balaban J connectivity index is 2.23. The summed E-state index contributed by atoms with van der Waals surface area (Å²) in [6.45, 7) is 9.16. The number of benzene rings is 1. The van der Waals surface area contributed by atoms with Crippen LogP contribution in [0.2, 0.25) is 0 Å². The van der Waals surface area contributed by atoms with Gasteiger partial charge in [0.05, 0.1) is 19.2 Å². The van der Waals surface area contributed by atoms with E-state index in [0.29, 0.717) is 30.6 Å². The maximum atomic E-state index is 14.4. The highest BCUT2D eigenvalue weighted by atomic mass is 32.2. The first-order valence-corrected chi connectivity index (χ1v) is 30.7. The third-order valence-corrected chi connectivity index (χ3v) is 14.8. The molecule has 32 heteroatoms. The van der Waals surface area contributed by atoms with Crippen molar-refractivity contribution in [2.24, 2.45) is 17.6 Å². The second kappa shape index (κ2) is 38.8. The maximum Gasteiger partial charge on any atom is 0.303 e. The number of nitrogens with one attached hydrogen (secondary N) is 10. The number of rotatable bonds is 40. The number of aliphatic carboxylic acids is 2. The van der Waals surface area contributed by atoms with E-state index < -0.39 is 193 Å². The number of unbranched alkanes of at least 4 members (excludes halogenated alkanes) is 1. The molecule has 496 valence electrons. The summed E-state index contributed by atoms with van der Waals surface area (Å²) < 4.78 is 0. The number of carbonyl (C=O) groups excluding carboxylic acids is 13. The number of amides is 12. The number of hydrogen-bond acceptors (Lipinski definition) is 18. The van der Waals surface area contributed by atoms with Crippen molar-refractivity contribution < 1.29 is 92.3 Å². The van der Waals surface area contributed by atoms with Gasteiger partial charge in [0.1, 0.15) is 60.1 Å². The predicted octanol–water partition coefficient (Wildman–Crippen LogP) is -3.13. The van der Waals surface area contributed by atoms with Crippen molar-refractivity contribution in [3.05, 3.63) is 29.8 Å². The summed E-state index contributed by atoms with van der Waals surface area (Å²) in [5, 5.41) is 62.4. The lowest BCUT2D eigenvalue weighted by Gasteiger charge is -2.33. The van der Waals surface area contributed by atoms with E-state index in [1.165, 1.54) is 40.9 Å². The lowest BCUT2D eigenvalue weighted by atomic mass is 9.98. The van der Waals surface area contributed by atoms with Gasteiger partial charge in [0, 0.05) is 32.7 Å². The molecular weight excluding hydrogens is 1190 g/mol. The monoisotopic (exact) mass is 1280 g/mol. The highest BCUT2D eigenvalue weighted by Crippen LogP contribution is 2.22. The molecule has 1 aromatic carbocycles. The number of carboxylic acid groups (broad SMARTS) is 2. The van der Waals surface area contributed by atoms with Crippen molar-refractivity contribution in [3.63, 3.8) is 0 Å². The number of Topliss-reactive ketones (excluding diaryl/α,β-unsaturated/α-hetero) is 1. The van der Waals surface area contributed by atoms with E-state index in [1.807, 2.05) is 0 Å². The zero-order valence-corrected chi connectivity index (χ0v) is 52.2. The predicted molar refractivity (Wildman–Crippen MR) is 320 cm³/mol. The maximum absolute atomic E-state index is 14.4. The molecule has 1 heterocycles. The summed E-state index contributed by atoms with van der Waals surface area (Å²) in [5.74, 6) is -15.7. The standard InChI is InChI=1S/C57H88N12O19S/c1-9-11-13-35(47(78)56(87)59-27-42(73)61-38(23-25-89-8)51(82)62-34(10-2)49(80)65-39(26-32-15-17-33(72)18-16-32)53(84)66-40(28-70)48(58)79)63-54(85)41-14-12-24-69(41)57(88)46(30(5)6)68-55(86)45(29(3)4)67-52(83)37(20-22-44(76)77)64-50(81)36(60-31(7)71)19-21-43(74)75/h15-18,29-30,34-41,45-46,70,72H,9-14,19-28H2,1-8H3,(H2,58,79)(H,59,87)(H,60,71)(H,61,73)(H,62,82)(H,63,85)(H,64,81)(H,65,80)(H,66,84)(H,67,83)(H,68,86)(H,74,75)(H,76,77)/t34-,35-,36-,37-,38-,39-,40-,41-,45-,46-/m0/s1. The van der Waals surface area contributed by atoms with Crippen LogP contribution in [0.3, 0.4) is 0 Å². The van der Waals surface area contributed by atoms with Gasteiger partial charge in [0.15, 0.2) is 0 Å². The van der Waals surface area contributed by atoms with Crippen LogP contribution in [0.1, 0.15) is 125 Å². The van der Waals surface area contributed by atoms with E-state index >= 15 is 0 Å². The summed E-state index contributed by atoms with van der Waals surface area (Å²) in [6.07, 6.45) is 0.842. The van der Waals surface area contributed by atoms with E-state index in [1.54, 1.807) is 47.8 Å². The van der Waals surface area contributed by atoms with Gasteiger partial charge in [-0.3, -0.25) is 71.9 Å². The largest absolute Gasteiger partial charge is 0.508 e. The minimum absolute atomic E-state index is 0.0174. The first-order valence-electron chi connectivity index (χ1n) is 29.3. The average molecular weight is 1280 g/mol. The molecule has 0 radical (unpaired) electrons. The number of nitrogens with two attached hydrogens (primary N) is 1. The highest BCUT2D eigenvalue weighted by Gasteiger charge is 2.42. The Bertz CT molecular complexity index is 2680. The molecule has 1 aliphatic rings. The Morgan fingerprint density at radius 2 is 1.12 bits per heavy atom. The number of nitrogens with zero attached hydrogens (tertiary/aromatic N) is 1. The lowest BCUT2D eigenvalue weighted by Crippen LogP contribution is -2.61. The first kappa shape index (κ1) is 76.7. The lowest BCUT2D eigenvalue weighted by molar-refractivity contribution is -0.144. The molecule has 1 aromatic rings. The molecule has 0 spiro atoms. The minimum atomic E-state index is -1.59. The van der Waals surface area contributed by atoms with Gasteiger partial charge in [-0.2, -0.15) is 11.8 Å². The van der Waals surface area contributed by atoms with Crippen LogP contribution in [-0.2, 0) is 78.3 Å². The third-order valence-electron chi connectivity index (χ3n) is 14.2. The van der Waals surface area contributed by atoms with Gasteiger partial charge in [-0.25, -0.2) is 0 Å². The topological polar surface area (TPSA) is 487 Å². The quantitative estimate of drug-likeness (QED) is 0.0289. The van der Waals surface area contributed by atoms with Crippen LogP contribution in [0.15, 0.2) is 24.3 Å². The Labute approximate surface area is 519 Å². The van der Waals surface area contributed by atoms with Gasteiger partial charge >= 0.3 is 11.9 Å². The number of carboxylic acids is 2. The molecule has 0 aromatic heterocycles. The SMILES string of the molecule is CCCC[C@H](NC(=O)[C@@H]1CCCN1C(=O)[C@@H](NC(=O)[C@@H](NC(=O)[C@H](CCC(=O)O)NC(=O)[C@H](CCC(=O)O)NC(C)=O)C(C)C)C(C)C)C(=O)C(=O)NCC(=O)N[C@@H](CCSC)C(=O)N[C@@H](CC)C(=O)N[C@@H](Cc1ccc(O)cc1)C(=O)N[C@@H](CO)C(N)=O. The van der Waals surface area contributed by atoms with E-state index in [4.69, 9.17) is 10.8 Å². The van der Waals surface area contributed by atoms with Crippen LogP contribution < -0.4 is 58.9 Å². The van der Waals surface area contributed by atoms with Crippen LogP contribution >= 0.6 is 11.8 Å². The number of aliphatic hydroxyl groups is 1. The number of aromatic hydroxyl groups is 1. The molecule has 0 aliphatic carbocycles. The van der Waals surface area contributed by atoms with Gasteiger partial charge in [-0.15, -0.1) is 0 Å². The van der Waals surface area contributed by atoms with E-state index in [-0.39, 0.29) is 50.8 Å². The molecule has 1 aliphatic heterocycles. The fourth-order valence-electron chi connectivity index (χ4n) is 9.17. The summed E-state index contributed by atoms with van der Waals surface area (Å²) in [5.41, 5.74) is 5.75. The fourth-order valence-corrected chi connectivity index (χ4v) is 9.64. The molecule has 12 amide bonds. The number of aliphatic hydroxyl groups excluding tert-OH is 1. The summed E-state index contributed by atoms with van der Waals surface area (Å²) in [7, 11) is 0. The average Bonchev–Trinajstić information content (AvgIpc) is 2.40.